The summed E-state index contributed by atoms with van der Waals surface area (Å²) >= 11 is 16.3. The molecular weight excluding hydrogens is 388 g/mol. The molecule has 0 fully saturated rings. The minimum atomic E-state index is -0.494. The van der Waals surface area contributed by atoms with Crippen molar-refractivity contribution in [3.8, 4) is 5.75 Å². The molecule has 108 valence electrons. The normalized spacial score (nSPS) is 10.8. The first-order valence-corrected chi connectivity index (χ1v) is 8.15. The van der Waals surface area contributed by atoms with Gasteiger partial charge < -0.3 is 10.1 Å². The van der Waals surface area contributed by atoms with Gasteiger partial charge in [0, 0.05) is 24.0 Å². The summed E-state index contributed by atoms with van der Waals surface area (Å²) in [6.45, 7) is 1.81. The molecule has 0 unspecified atom stereocenters. The summed E-state index contributed by atoms with van der Waals surface area (Å²) in [6, 6.07) is 6.60. The van der Waals surface area contributed by atoms with Crippen LogP contribution in [-0.4, -0.2) is 13.2 Å². The summed E-state index contributed by atoms with van der Waals surface area (Å²) in [5.41, 5.74) is 0. The van der Waals surface area contributed by atoms with Gasteiger partial charge in [-0.05, 0) is 34.1 Å². The Hall–Kier alpha value is -0.330. The van der Waals surface area contributed by atoms with E-state index >= 15 is 0 Å². The molecule has 2 aromatic rings. The average Bonchev–Trinajstić information content (AvgIpc) is 2.81. The van der Waals surface area contributed by atoms with Crippen LogP contribution in [0.15, 0.2) is 28.7 Å². The molecule has 0 aliphatic carbocycles. The van der Waals surface area contributed by atoms with Gasteiger partial charge in [0.1, 0.15) is 18.2 Å². The Balaban J connectivity index is 1.75. The van der Waals surface area contributed by atoms with Crippen molar-refractivity contribution in [1.82, 2.24) is 5.32 Å². The zero-order valence-electron chi connectivity index (χ0n) is 10.3. The Morgan fingerprint density at radius 3 is 2.80 bits per heavy atom. The van der Waals surface area contributed by atoms with Gasteiger partial charge in [0.05, 0.1) is 13.8 Å². The van der Waals surface area contributed by atoms with Crippen LogP contribution in [0.2, 0.25) is 9.36 Å². The summed E-state index contributed by atoms with van der Waals surface area (Å²) in [7, 11) is 0. The van der Waals surface area contributed by atoms with Crippen molar-refractivity contribution in [2.45, 2.75) is 6.54 Å². The highest BCUT2D eigenvalue weighted by Gasteiger charge is 2.07. The predicted octanol–water partition coefficient (Wildman–Crippen LogP) is 5.13. The van der Waals surface area contributed by atoms with Crippen LogP contribution in [0.3, 0.4) is 0 Å². The standard InChI is InChI=1S/C13H11BrCl2FNOS/c14-9-5-10(15)11(17)6-12(9)19-4-3-18-7-8-1-2-13(16)20-8/h1-2,5-6,18H,3-4,7H2. The Kier molecular flexibility index (Phi) is 6.11. The van der Waals surface area contributed by atoms with E-state index in [1.54, 1.807) is 0 Å². The second-order valence-electron chi connectivity index (χ2n) is 3.93. The van der Waals surface area contributed by atoms with Crippen molar-refractivity contribution in [3.05, 3.63) is 48.8 Å². The van der Waals surface area contributed by atoms with Crippen molar-refractivity contribution in [2.75, 3.05) is 13.2 Å². The number of hydrogen-bond acceptors (Lipinski definition) is 3. The maximum atomic E-state index is 13.3. The highest BCUT2D eigenvalue weighted by molar-refractivity contribution is 9.10. The number of benzene rings is 1. The first-order valence-electron chi connectivity index (χ1n) is 5.78. The Morgan fingerprint density at radius 2 is 2.10 bits per heavy atom. The molecule has 1 heterocycles. The van der Waals surface area contributed by atoms with E-state index in [-0.39, 0.29) is 5.02 Å². The third-order valence-electron chi connectivity index (χ3n) is 2.44. The van der Waals surface area contributed by atoms with Crippen LogP contribution in [0.25, 0.3) is 0 Å². The topological polar surface area (TPSA) is 21.3 Å². The highest BCUT2D eigenvalue weighted by Crippen LogP contribution is 2.30. The van der Waals surface area contributed by atoms with E-state index in [0.717, 1.165) is 15.8 Å². The molecule has 0 saturated heterocycles. The number of halogens is 4. The van der Waals surface area contributed by atoms with Gasteiger partial charge in [-0.1, -0.05) is 23.2 Å². The predicted molar refractivity (Wildman–Crippen MR) is 85.6 cm³/mol. The van der Waals surface area contributed by atoms with Crippen LogP contribution in [0.1, 0.15) is 4.88 Å². The zero-order chi connectivity index (χ0) is 14.5. The van der Waals surface area contributed by atoms with Crippen molar-refractivity contribution >= 4 is 50.5 Å². The van der Waals surface area contributed by atoms with Crippen LogP contribution in [0.4, 0.5) is 4.39 Å². The fourth-order valence-electron chi connectivity index (χ4n) is 1.51. The van der Waals surface area contributed by atoms with Gasteiger partial charge in [0.2, 0.25) is 0 Å². The number of rotatable bonds is 6. The third kappa shape index (κ3) is 4.60. The average molecular weight is 399 g/mol. The van der Waals surface area contributed by atoms with Crippen molar-refractivity contribution < 1.29 is 9.13 Å². The second kappa shape index (κ2) is 7.61. The molecule has 7 heteroatoms. The second-order valence-corrected chi connectivity index (χ2v) is 6.99. The molecule has 0 aliphatic rings. The van der Waals surface area contributed by atoms with Crippen LogP contribution >= 0.6 is 50.5 Å². The fraction of sp³-hybridized carbons (Fsp3) is 0.231. The molecule has 0 atom stereocenters. The third-order valence-corrected chi connectivity index (χ3v) is 4.58. The lowest BCUT2D eigenvalue weighted by Crippen LogP contribution is -2.20. The van der Waals surface area contributed by atoms with Crippen molar-refractivity contribution in [3.63, 3.8) is 0 Å². The maximum absolute atomic E-state index is 13.3. The van der Waals surface area contributed by atoms with Gasteiger partial charge in [-0.15, -0.1) is 11.3 Å². The van der Waals surface area contributed by atoms with Crippen LogP contribution < -0.4 is 10.1 Å². The molecule has 0 spiro atoms. The van der Waals surface area contributed by atoms with Crippen LogP contribution in [0.5, 0.6) is 5.75 Å². The molecule has 0 bridgehead atoms. The van der Waals surface area contributed by atoms with E-state index in [0.29, 0.717) is 23.4 Å². The minimum Gasteiger partial charge on any atom is -0.491 e. The van der Waals surface area contributed by atoms with E-state index in [1.807, 2.05) is 12.1 Å². The molecule has 0 saturated carbocycles. The molecule has 1 N–H and O–H groups in total. The first kappa shape index (κ1) is 16.0. The van der Waals surface area contributed by atoms with Crippen LogP contribution in [-0.2, 0) is 6.54 Å². The largest absolute Gasteiger partial charge is 0.491 e. The summed E-state index contributed by atoms with van der Waals surface area (Å²) in [4.78, 5) is 1.16. The summed E-state index contributed by atoms with van der Waals surface area (Å²) in [5.74, 6) is -0.0566. The van der Waals surface area contributed by atoms with Crippen molar-refractivity contribution in [2.24, 2.45) is 0 Å². The Morgan fingerprint density at radius 1 is 1.30 bits per heavy atom. The first-order chi connectivity index (χ1) is 9.56. The van der Waals surface area contributed by atoms with Gasteiger partial charge in [-0.25, -0.2) is 4.39 Å². The lowest BCUT2D eigenvalue weighted by Gasteiger charge is -2.09. The molecular formula is C13H11BrCl2FNOS. The van der Waals surface area contributed by atoms with Crippen LogP contribution in [0, 0.1) is 5.82 Å². The molecule has 0 amide bonds. The summed E-state index contributed by atoms with van der Waals surface area (Å²) < 4.78 is 20.2. The smallest absolute Gasteiger partial charge is 0.145 e. The van der Waals surface area contributed by atoms with E-state index < -0.39 is 5.82 Å². The monoisotopic (exact) mass is 397 g/mol. The molecule has 1 aromatic carbocycles. The number of thiophene rings is 1. The van der Waals surface area contributed by atoms with E-state index in [4.69, 9.17) is 27.9 Å². The lowest BCUT2D eigenvalue weighted by atomic mass is 10.3. The molecule has 0 aliphatic heterocycles. The van der Waals surface area contributed by atoms with E-state index in [1.165, 1.54) is 23.5 Å². The van der Waals surface area contributed by atoms with Gasteiger partial charge in [0.15, 0.2) is 0 Å². The molecule has 2 nitrogen and oxygen atoms in total. The fourth-order valence-corrected chi connectivity index (χ4v) is 3.32. The Labute approximate surface area is 139 Å². The summed E-state index contributed by atoms with van der Waals surface area (Å²) in [6.07, 6.45) is 0. The van der Waals surface area contributed by atoms with Gasteiger partial charge in [-0.2, -0.15) is 0 Å². The lowest BCUT2D eigenvalue weighted by molar-refractivity contribution is 0.310. The molecule has 20 heavy (non-hydrogen) atoms. The van der Waals surface area contributed by atoms with Gasteiger partial charge >= 0.3 is 0 Å². The maximum Gasteiger partial charge on any atom is 0.145 e. The molecule has 2 rings (SSSR count). The molecule has 0 radical (unpaired) electrons. The number of nitrogens with one attached hydrogen (secondary N) is 1. The summed E-state index contributed by atoms with van der Waals surface area (Å²) in [5, 5.41) is 3.29. The molecule has 1 aromatic heterocycles. The number of hydrogen-bond donors (Lipinski definition) is 1. The van der Waals surface area contributed by atoms with Crippen molar-refractivity contribution in [1.29, 1.82) is 0 Å². The quantitative estimate of drug-likeness (QED) is 0.538. The van der Waals surface area contributed by atoms with E-state index in [2.05, 4.69) is 21.2 Å². The Bertz CT molecular complexity index is 594. The minimum absolute atomic E-state index is 0.0666. The zero-order valence-corrected chi connectivity index (χ0v) is 14.2. The number of ether oxygens (including phenoxy) is 1. The van der Waals surface area contributed by atoms with Gasteiger partial charge in [0.25, 0.3) is 0 Å². The van der Waals surface area contributed by atoms with E-state index in [9.17, 15) is 4.39 Å². The highest BCUT2D eigenvalue weighted by atomic mass is 79.9. The SMILES string of the molecule is Fc1cc(OCCNCc2ccc(Cl)s2)c(Br)cc1Cl. The van der Waals surface area contributed by atoms with Gasteiger partial charge in [-0.3, -0.25) is 0 Å².